The number of nitrogens with two attached hydrogens (primary N) is 1. The van der Waals surface area contributed by atoms with E-state index in [0.717, 1.165) is 25.9 Å². The van der Waals surface area contributed by atoms with Crippen LogP contribution in [0.4, 0.5) is 14.5 Å². The third-order valence-electron chi connectivity index (χ3n) is 3.43. The molecule has 1 aliphatic heterocycles. The average Bonchev–Trinajstić information content (AvgIpc) is 2.44. The first-order valence-corrected chi connectivity index (χ1v) is 7.34. The minimum absolute atomic E-state index is 0. The van der Waals surface area contributed by atoms with Crippen molar-refractivity contribution in [3.63, 3.8) is 0 Å². The predicted molar refractivity (Wildman–Crippen MR) is 87.6 cm³/mol. The summed E-state index contributed by atoms with van der Waals surface area (Å²) in [5.74, 6) is -0.311. The lowest BCUT2D eigenvalue weighted by molar-refractivity contribution is -0.117. The van der Waals surface area contributed by atoms with Crippen molar-refractivity contribution in [3.8, 4) is 5.75 Å². The number of rotatable bonds is 5. The average molecular weight is 370 g/mol. The van der Waals surface area contributed by atoms with Crippen molar-refractivity contribution < 1.29 is 18.3 Å². The molecule has 1 aromatic carbocycles. The van der Waals surface area contributed by atoms with Gasteiger partial charge in [0.25, 0.3) is 0 Å². The molecule has 5 nitrogen and oxygen atoms in total. The second-order valence-corrected chi connectivity index (χ2v) is 5.59. The molecule has 0 saturated carbocycles. The van der Waals surface area contributed by atoms with Gasteiger partial charge in [-0.05, 0) is 31.0 Å². The van der Waals surface area contributed by atoms with Crippen molar-refractivity contribution >= 4 is 35.6 Å². The summed E-state index contributed by atoms with van der Waals surface area (Å²) in [4.78, 5) is 14.0. The van der Waals surface area contributed by atoms with Gasteiger partial charge in [0.2, 0.25) is 5.91 Å². The summed E-state index contributed by atoms with van der Waals surface area (Å²) in [6.07, 6.45) is 1.75. The van der Waals surface area contributed by atoms with Crippen LogP contribution in [0.3, 0.4) is 0 Å². The SMILES string of the molecule is Cl.NC1CCN(CC(=O)Nc2ccc(OC(F)F)c(Cl)c2)CC1. The van der Waals surface area contributed by atoms with Crippen LogP contribution in [0, 0.1) is 0 Å². The molecule has 9 heteroatoms. The van der Waals surface area contributed by atoms with Gasteiger partial charge in [0.1, 0.15) is 5.75 Å². The molecule has 0 radical (unpaired) electrons. The standard InChI is InChI=1S/C14H18ClF2N3O2.ClH/c15-11-7-10(1-2-12(11)22-14(16)17)19-13(21)8-20-5-3-9(18)4-6-20;/h1-2,7,9,14H,3-6,8,18H2,(H,19,21);1H. The minimum Gasteiger partial charge on any atom is -0.433 e. The van der Waals surface area contributed by atoms with Crippen LogP contribution in [0.15, 0.2) is 18.2 Å². The van der Waals surface area contributed by atoms with E-state index >= 15 is 0 Å². The van der Waals surface area contributed by atoms with Gasteiger partial charge in [-0.2, -0.15) is 8.78 Å². The maximum atomic E-state index is 12.1. The number of piperidine rings is 1. The first kappa shape index (κ1) is 19.9. The molecule has 0 bridgehead atoms. The van der Waals surface area contributed by atoms with Crippen molar-refractivity contribution in [2.45, 2.75) is 25.5 Å². The molecular formula is C14H19Cl2F2N3O2. The highest BCUT2D eigenvalue weighted by atomic mass is 35.5. The number of halogens is 4. The Balaban J connectivity index is 0.00000264. The lowest BCUT2D eigenvalue weighted by Gasteiger charge is -2.29. The predicted octanol–water partition coefficient (Wildman–Crippen LogP) is 2.72. The lowest BCUT2D eigenvalue weighted by Crippen LogP contribution is -2.43. The number of likely N-dealkylation sites (tertiary alicyclic amines) is 1. The molecule has 1 aromatic rings. The van der Waals surface area contributed by atoms with Gasteiger partial charge in [-0.15, -0.1) is 12.4 Å². The first-order chi connectivity index (χ1) is 10.4. The highest BCUT2D eigenvalue weighted by molar-refractivity contribution is 6.32. The summed E-state index contributed by atoms with van der Waals surface area (Å²) in [7, 11) is 0. The maximum Gasteiger partial charge on any atom is 0.387 e. The number of ether oxygens (including phenoxy) is 1. The number of carbonyl (C=O) groups is 1. The van der Waals surface area contributed by atoms with Crippen LogP contribution >= 0.6 is 24.0 Å². The van der Waals surface area contributed by atoms with Crippen molar-refractivity contribution in [1.29, 1.82) is 0 Å². The van der Waals surface area contributed by atoms with Crippen LogP contribution in [0.2, 0.25) is 5.02 Å². The fourth-order valence-corrected chi connectivity index (χ4v) is 2.51. The van der Waals surface area contributed by atoms with Gasteiger partial charge in [0.05, 0.1) is 11.6 Å². The first-order valence-electron chi connectivity index (χ1n) is 6.96. The van der Waals surface area contributed by atoms with Crippen molar-refractivity contribution in [2.75, 3.05) is 25.0 Å². The molecule has 1 fully saturated rings. The third kappa shape index (κ3) is 6.47. The molecule has 1 amide bonds. The Hall–Kier alpha value is -1.15. The van der Waals surface area contributed by atoms with Crippen LogP contribution in [-0.4, -0.2) is 43.1 Å². The van der Waals surface area contributed by atoms with Gasteiger partial charge < -0.3 is 15.8 Å². The summed E-state index contributed by atoms with van der Waals surface area (Å²) in [6, 6.07) is 4.35. The summed E-state index contributed by atoms with van der Waals surface area (Å²) in [6.45, 7) is -1.10. The molecule has 0 aromatic heterocycles. The molecule has 1 saturated heterocycles. The number of nitrogens with one attached hydrogen (secondary N) is 1. The van der Waals surface area contributed by atoms with E-state index in [9.17, 15) is 13.6 Å². The highest BCUT2D eigenvalue weighted by Crippen LogP contribution is 2.28. The van der Waals surface area contributed by atoms with Gasteiger partial charge in [0, 0.05) is 24.8 Å². The second-order valence-electron chi connectivity index (χ2n) is 5.19. The molecule has 23 heavy (non-hydrogen) atoms. The zero-order valence-corrected chi connectivity index (χ0v) is 13.9. The molecule has 1 heterocycles. The normalized spacial score (nSPS) is 16.0. The van der Waals surface area contributed by atoms with E-state index in [1.54, 1.807) is 0 Å². The van der Waals surface area contributed by atoms with Crippen molar-refractivity contribution in [3.05, 3.63) is 23.2 Å². The third-order valence-corrected chi connectivity index (χ3v) is 3.73. The van der Waals surface area contributed by atoms with Crippen molar-refractivity contribution in [1.82, 2.24) is 4.90 Å². The Morgan fingerprint density at radius 1 is 1.43 bits per heavy atom. The van der Waals surface area contributed by atoms with E-state index in [1.807, 2.05) is 4.90 Å². The fraction of sp³-hybridized carbons (Fsp3) is 0.500. The minimum atomic E-state index is -2.94. The summed E-state index contributed by atoms with van der Waals surface area (Å²) < 4.78 is 28.5. The summed E-state index contributed by atoms with van der Waals surface area (Å²) in [5, 5.41) is 2.70. The number of nitrogens with zero attached hydrogens (tertiary/aromatic N) is 1. The molecule has 1 aliphatic rings. The van der Waals surface area contributed by atoms with E-state index in [-0.39, 0.29) is 41.7 Å². The molecule has 0 spiro atoms. The Morgan fingerprint density at radius 2 is 2.09 bits per heavy atom. The topological polar surface area (TPSA) is 67.6 Å². The molecule has 0 atom stereocenters. The summed E-state index contributed by atoms with van der Waals surface area (Å²) >= 11 is 5.83. The van der Waals surface area contributed by atoms with Gasteiger partial charge >= 0.3 is 6.61 Å². The lowest BCUT2D eigenvalue weighted by atomic mass is 10.1. The number of benzene rings is 1. The monoisotopic (exact) mass is 369 g/mol. The number of anilines is 1. The molecule has 130 valence electrons. The fourth-order valence-electron chi connectivity index (χ4n) is 2.28. The number of alkyl halides is 2. The maximum absolute atomic E-state index is 12.1. The van der Waals surface area contributed by atoms with Crippen LogP contribution in [0.25, 0.3) is 0 Å². The van der Waals surface area contributed by atoms with Gasteiger partial charge in [-0.3, -0.25) is 9.69 Å². The van der Waals surface area contributed by atoms with Crippen LogP contribution in [0.5, 0.6) is 5.75 Å². The number of hydrogen-bond acceptors (Lipinski definition) is 4. The van der Waals surface area contributed by atoms with Crippen LogP contribution < -0.4 is 15.8 Å². The summed E-state index contributed by atoms with van der Waals surface area (Å²) in [5.41, 5.74) is 6.24. The van der Waals surface area contributed by atoms with E-state index in [2.05, 4.69) is 10.1 Å². The van der Waals surface area contributed by atoms with Crippen LogP contribution in [-0.2, 0) is 4.79 Å². The molecule has 3 N–H and O–H groups in total. The largest absolute Gasteiger partial charge is 0.433 e. The Bertz CT molecular complexity index is 527. The van der Waals surface area contributed by atoms with E-state index in [4.69, 9.17) is 17.3 Å². The molecule has 0 aliphatic carbocycles. The Labute approximate surface area is 144 Å². The van der Waals surface area contributed by atoms with Gasteiger partial charge in [0.15, 0.2) is 0 Å². The van der Waals surface area contributed by atoms with Crippen molar-refractivity contribution in [2.24, 2.45) is 5.73 Å². The van der Waals surface area contributed by atoms with E-state index < -0.39 is 6.61 Å². The number of carbonyl (C=O) groups excluding carboxylic acids is 1. The molecule has 0 unspecified atom stereocenters. The number of hydrogen-bond donors (Lipinski definition) is 2. The molecule has 2 rings (SSSR count). The second kappa shape index (κ2) is 9.22. The van der Waals surface area contributed by atoms with Crippen LogP contribution in [0.1, 0.15) is 12.8 Å². The molecular weight excluding hydrogens is 351 g/mol. The quantitative estimate of drug-likeness (QED) is 0.837. The van der Waals surface area contributed by atoms with E-state index in [1.165, 1.54) is 18.2 Å². The smallest absolute Gasteiger partial charge is 0.387 e. The number of amides is 1. The van der Waals surface area contributed by atoms with Gasteiger partial charge in [-0.25, -0.2) is 0 Å². The Kier molecular flexibility index (Phi) is 7.98. The Morgan fingerprint density at radius 3 is 2.65 bits per heavy atom. The zero-order chi connectivity index (χ0) is 16.1. The van der Waals surface area contributed by atoms with Gasteiger partial charge in [-0.1, -0.05) is 11.6 Å². The highest BCUT2D eigenvalue weighted by Gasteiger charge is 2.18. The van der Waals surface area contributed by atoms with E-state index in [0.29, 0.717) is 5.69 Å². The zero-order valence-electron chi connectivity index (χ0n) is 12.3.